The van der Waals surface area contributed by atoms with Crippen LogP contribution in [0.4, 0.5) is 5.69 Å². The Bertz CT molecular complexity index is 602. The highest BCUT2D eigenvalue weighted by Crippen LogP contribution is 2.31. The second-order valence-corrected chi connectivity index (χ2v) is 5.38. The molecule has 0 fully saturated rings. The second-order valence-electron chi connectivity index (χ2n) is 4.12. The number of hydrogen-bond acceptors (Lipinski definition) is 4. The maximum Gasteiger partial charge on any atom is 0.209 e. The molecular weight excluding hydrogens is 246 g/mol. The number of carbonyl (C=O) groups excluding carboxylic acids is 1. The maximum atomic E-state index is 12.5. The van der Waals surface area contributed by atoms with Crippen molar-refractivity contribution in [3.63, 3.8) is 0 Å². The lowest BCUT2D eigenvalue weighted by Gasteiger charge is -2.09. The van der Waals surface area contributed by atoms with E-state index in [4.69, 9.17) is 10.5 Å². The Morgan fingerprint density at radius 1 is 1.33 bits per heavy atom. The number of methoxy groups -OCH3 is 1. The van der Waals surface area contributed by atoms with Crippen LogP contribution < -0.4 is 10.5 Å². The van der Waals surface area contributed by atoms with Gasteiger partial charge in [0.1, 0.15) is 5.75 Å². The number of thiophene rings is 1. The average molecular weight is 261 g/mol. The standard InChI is InChI=1S/C14H15NO2S/c1-8-7-9(2)18-14(8)13(16)12-10(15)5-4-6-11(12)17-3/h4-7H,15H2,1-3H3. The van der Waals surface area contributed by atoms with E-state index in [0.29, 0.717) is 17.0 Å². The first-order valence-corrected chi connectivity index (χ1v) is 6.40. The van der Waals surface area contributed by atoms with Gasteiger partial charge in [-0.25, -0.2) is 0 Å². The Kier molecular flexibility index (Phi) is 3.39. The summed E-state index contributed by atoms with van der Waals surface area (Å²) in [6, 6.07) is 7.24. The van der Waals surface area contributed by atoms with Crippen LogP contribution in [0.5, 0.6) is 5.75 Å². The van der Waals surface area contributed by atoms with Crippen LogP contribution in [0.25, 0.3) is 0 Å². The van der Waals surface area contributed by atoms with Crippen LogP contribution in [0.15, 0.2) is 24.3 Å². The minimum absolute atomic E-state index is 0.0689. The van der Waals surface area contributed by atoms with Crippen LogP contribution >= 0.6 is 11.3 Å². The average Bonchev–Trinajstić information content (AvgIpc) is 2.67. The van der Waals surface area contributed by atoms with Gasteiger partial charge in [0.15, 0.2) is 0 Å². The molecular formula is C14H15NO2S. The predicted octanol–water partition coefficient (Wildman–Crippen LogP) is 3.19. The summed E-state index contributed by atoms with van der Waals surface area (Å²) < 4.78 is 5.22. The number of nitrogens with two attached hydrogens (primary N) is 1. The third-order valence-electron chi connectivity index (χ3n) is 2.75. The molecule has 0 aliphatic heterocycles. The monoisotopic (exact) mass is 261 g/mol. The van der Waals surface area contributed by atoms with E-state index in [2.05, 4.69) is 0 Å². The van der Waals surface area contributed by atoms with Crippen molar-refractivity contribution >= 4 is 22.8 Å². The molecule has 2 N–H and O–H groups in total. The van der Waals surface area contributed by atoms with Crippen LogP contribution in [0.2, 0.25) is 0 Å². The molecule has 0 aliphatic rings. The topological polar surface area (TPSA) is 52.3 Å². The van der Waals surface area contributed by atoms with Crippen molar-refractivity contribution in [3.8, 4) is 5.75 Å². The van der Waals surface area contributed by atoms with Gasteiger partial charge in [-0.1, -0.05) is 6.07 Å². The van der Waals surface area contributed by atoms with Gasteiger partial charge in [-0.3, -0.25) is 4.79 Å². The molecule has 0 saturated carbocycles. The summed E-state index contributed by atoms with van der Waals surface area (Å²) in [4.78, 5) is 14.4. The number of ketones is 1. The lowest BCUT2D eigenvalue weighted by atomic mass is 10.0. The Labute approximate surface area is 110 Å². The number of anilines is 1. The van der Waals surface area contributed by atoms with Crippen LogP contribution in [0, 0.1) is 13.8 Å². The lowest BCUT2D eigenvalue weighted by molar-refractivity contribution is 0.104. The molecule has 0 radical (unpaired) electrons. The normalized spacial score (nSPS) is 10.4. The van der Waals surface area contributed by atoms with Crippen molar-refractivity contribution in [2.75, 3.05) is 12.8 Å². The molecule has 0 amide bonds. The van der Waals surface area contributed by atoms with Gasteiger partial charge >= 0.3 is 0 Å². The fourth-order valence-electron chi connectivity index (χ4n) is 1.94. The first-order chi connectivity index (χ1) is 8.54. The van der Waals surface area contributed by atoms with Gasteiger partial charge in [-0.05, 0) is 37.6 Å². The molecule has 94 valence electrons. The van der Waals surface area contributed by atoms with E-state index >= 15 is 0 Å². The summed E-state index contributed by atoms with van der Waals surface area (Å²) in [5.41, 5.74) is 7.77. The van der Waals surface area contributed by atoms with Gasteiger partial charge in [-0.2, -0.15) is 0 Å². The Hall–Kier alpha value is -1.81. The number of rotatable bonds is 3. The van der Waals surface area contributed by atoms with E-state index in [1.807, 2.05) is 19.9 Å². The number of carbonyl (C=O) groups is 1. The molecule has 0 unspecified atom stereocenters. The second kappa shape index (κ2) is 4.82. The van der Waals surface area contributed by atoms with E-state index in [-0.39, 0.29) is 5.78 Å². The summed E-state index contributed by atoms with van der Waals surface area (Å²) in [5, 5.41) is 0. The van der Waals surface area contributed by atoms with Crippen LogP contribution in [0.3, 0.4) is 0 Å². The zero-order valence-corrected chi connectivity index (χ0v) is 11.4. The molecule has 0 atom stereocenters. The summed E-state index contributed by atoms with van der Waals surface area (Å²) in [6.07, 6.45) is 0. The molecule has 0 aliphatic carbocycles. The Morgan fingerprint density at radius 2 is 2.06 bits per heavy atom. The number of nitrogen functional groups attached to an aromatic ring is 1. The van der Waals surface area contributed by atoms with E-state index in [9.17, 15) is 4.79 Å². The molecule has 1 aromatic carbocycles. The Morgan fingerprint density at radius 3 is 2.61 bits per heavy atom. The largest absolute Gasteiger partial charge is 0.496 e. The third kappa shape index (κ3) is 2.11. The SMILES string of the molecule is COc1cccc(N)c1C(=O)c1sc(C)cc1C. The summed E-state index contributed by atoms with van der Waals surface area (Å²) in [6.45, 7) is 3.92. The quantitative estimate of drug-likeness (QED) is 0.682. The van der Waals surface area contributed by atoms with Gasteiger partial charge in [-0.15, -0.1) is 11.3 Å². The zero-order valence-electron chi connectivity index (χ0n) is 10.6. The maximum absolute atomic E-state index is 12.5. The first-order valence-electron chi connectivity index (χ1n) is 5.58. The van der Waals surface area contributed by atoms with Gasteiger partial charge in [0, 0.05) is 10.6 Å². The summed E-state index contributed by atoms with van der Waals surface area (Å²) in [5.74, 6) is 0.450. The highest BCUT2D eigenvalue weighted by molar-refractivity contribution is 7.14. The van der Waals surface area contributed by atoms with Crippen molar-refractivity contribution in [2.45, 2.75) is 13.8 Å². The molecule has 0 saturated heterocycles. The minimum atomic E-state index is -0.0689. The summed E-state index contributed by atoms with van der Waals surface area (Å²) >= 11 is 1.48. The smallest absolute Gasteiger partial charge is 0.209 e. The van der Waals surface area contributed by atoms with Crippen LogP contribution in [-0.2, 0) is 0 Å². The molecule has 0 spiro atoms. The van der Waals surface area contributed by atoms with Crippen molar-refractivity contribution in [1.82, 2.24) is 0 Å². The molecule has 18 heavy (non-hydrogen) atoms. The third-order valence-corrected chi connectivity index (χ3v) is 3.90. The first kappa shape index (κ1) is 12.6. The highest BCUT2D eigenvalue weighted by atomic mass is 32.1. The van der Waals surface area contributed by atoms with Crippen molar-refractivity contribution in [3.05, 3.63) is 45.1 Å². The van der Waals surface area contributed by atoms with Gasteiger partial charge in [0.05, 0.1) is 17.6 Å². The number of benzene rings is 1. The van der Waals surface area contributed by atoms with E-state index in [1.165, 1.54) is 18.4 Å². The van der Waals surface area contributed by atoms with Crippen LogP contribution in [0.1, 0.15) is 25.7 Å². The molecule has 2 aromatic rings. The molecule has 4 heteroatoms. The fourth-order valence-corrected chi connectivity index (χ4v) is 2.91. The Balaban J connectivity index is 2.56. The van der Waals surface area contributed by atoms with Gasteiger partial charge in [0.25, 0.3) is 0 Å². The van der Waals surface area contributed by atoms with Crippen molar-refractivity contribution in [2.24, 2.45) is 0 Å². The number of hydrogen-bond donors (Lipinski definition) is 1. The number of ether oxygens (including phenoxy) is 1. The zero-order chi connectivity index (χ0) is 13.3. The molecule has 1 aromatic heterocycles. The van der Waals surface area contributed by atoms with Gasteiger partial charge < -0.3 is 10.5 Å². The minimum Gasteiger partial charge on any atom is -0.496 e. The van der Waals surface area contributed by atoms with E-state index < -0.39 is 0 Å². The van der Waals surface area contributed by atoms with E-state index in [1.54, 1.807) is 18.2 Å². The number of aryl methyl sites for hydroxylation is 2. The molecule has 1 heterocycles. The fraction of sp³-hybridized carbons (Fsp3) is 0.214. The van der Waals surface area contributed by atoms with E-state index in [0.717, 1.165) is 15.3 Å². The summed E-state index contributed by atoms with van der Waals surface area (Å²) in [7, 11) is 1.54. The molecule has 0 bridgehead atoms. The highest BCUT2D eigenvalue weighted by Gasteiger charge is 2.20. The van der Waals surface area contributed by atoms with Crippen molar-refractivity contribution in [1.29, 1.82) is 0 Å². The lowest BCUT2D eigenvalue weighted by Crippen LogP contribution is -2.07. The molecule has 3 nitrogen and oxygen atoms in total. The van der Waals surface area contributed by atoms with Crippen LogP contribution in [-0.4, -0.2) is 12.9 Å². The van der Waals surface area contributed by atoms with Gasteiger partial charge in [0.2, 0.25) is 5.78 Å². The predicted molar refractivity (Wildman–Crippen MR) is 74.6 cm³/mol. The van der Waals surface area contributed by atoms with Crippen molar-refractivity contribution < 1.29 is 9.53 Å². The molecule has 2 rings (SSSR count).